The predicted molar refractivity (Wildman–Crippen MR) is 88.3 cm³/mol. The molecule has 0 bridgehead atoms. The van der Waals surface area contributed by atoms with Crippen LogP contribution in [0.2, 0.25) is 0 Å². The van der Waals surface area contributed by atoms with E-state index in [1.807, 2.05) is 11.0 Å². The molecule has 0 saturated carbocycles. The first kappa shape index (κ1) is 17.3. The molecule has 1 amide bonds. The average molecular weight is 413 g/mol. The molecule has 0 aromatic heterocycles. The topological polar surface area (TPSA) is 50.8 Å². The first-order chi connectivity index (χ1) is 9.17. The predicted octanol–water partition coefficient (Wildman–Crippen LogP) is 1.78. The van der Waals surface area contributed by atoms with E-state index < -0.39 is 0 Å². The van der Waals surface area contributed by atoms with Gasteiger partial charge in [-0.05, 0) is 34.7 Å². The van der Waals surface area contributed by atoms with Gasteiger partial charge in [0.2, 0.25) is 0 Å². The van der Waals surface area contributed by atoms with E-state index in [0.717, 1.165) is 29.7 Å². The van der Waals surface area contributed by atoms with Gasteiger partial charge in [0.05, 0.1) is 19.8 Å². The smallest absolute Gasteiger partial charge is 0.255 e. The number of methoxy groups -OCH3 is 2. The van der Waals surface area contributed by atoms with Crippen molar-refractivity contribution in [3.05, 3.63) is 21.3 Å². The van der Waals surface area contributed by atoms with Crippen molar-refractivity contribution >= 4 is 40.9 Å². The molecule has 0 unspecified atom stereocenters. The van der Waals surface area contributed by atoms with Gasteiger partial charge >= 0.3 is 0 Å². The van der Waals surface area contributed by atoms with E-state index in [-0.39, 0.29) is 18.3 Å². The molecule has 1 fully saturated rings. The third-order valence-corrected chi connectivity index (χ3v) is 4.00. The third-order valence-electron chi connectivity index (χ3n) is 3.11. The zero-order chi connectivity index (χ0) is 13.8. The summed E-state index contributed by atoms with van der Waals surface area (Å²) < 4.78 is 11.4. The van der Waals surface area contributed by atoms with Gasteiger partial charge in [0.15, 0.2) is 11.5 Å². The molecule has 2 rings (SSSR count). The van der Waals surface area contributed by atoms with E-state index in [1.54, 1.807) is 20.3 Å². The van der Waals surface area contributed by atoms with Gasteiger partial charge in [0.25, 0.3) is 5.91 Å². The number of rotatable bonds is 3. The average Bonchev–Trinajstić information content (AvgIpc) is 2.47. The molecular formula is C13H18ClIN2O3. The van der Waals surface area contributed by atoms with Crippen molar-refractivity contribution in [3.63, 3.8) is 0 Å². The van der Waals surface area contributed by atoms with E-state index in [1.165, 1.54) is 0 Å². The van der Waals surface area contributed by atoms with E-state index in [4.69, 9.17) is 9.47 Å². The maximum absolute atomic E-state index is 12.5. The Hall–Kier alpha value is -0.730. The van der Waals surface area contributed by atoms with Crippen LogP contribution in [0.1, 0.15) is 10.4 Å². The van der Waals surface area contributed by atoms with Gasteiger partial charge in [0, 0.05) is 29.7 Å². The van der Waals surface area contributed by atoms with Gasteiger partial charge in [-0.15, -0.1) is 12.4 Å². The minimum atomic E-state index is 0. The Morgan fingerprint density at radius 1 is 1.20 bits per heavy atom. The van der Waals surface area contributed by atoms with Crippen LogP contribution in [-0.4, -0.2) is 51.2 Å². The molecule has 1 aliphatic rings. The zero-order valence-electron chi connectivity index (χ0n) is 11.4. The van der Waals surface area contributed by atoms with Crippen LogP contribution in [0.4, 0.5) is 0 Å². The van der Waals surface area contributed by atoms with Crippen molar-refractivity contribution in [1.29, 1.82) is 0 Å². The fourth-order valence-electron chi connectivity index (χ4n) is 2.06. The zero-order valence-corrected chi connectivity index (χ0v) is 14.4. The number of halogens is 2. The van der Waals surface area contributed by atoms with Crippen LogP contribution in [0.25, 0.3) is 0 Å². The maximum Gasteiger partial charge on any atom is 0.255 e. The number of amides is 1. The molecule has 1 aromatic carbocycles. The van der Waals surface area contributed by atoms with Gasteiger partial charge in [-0.1, -0.05) is 0 Å². The minimum absolute atomic E-state index is 0. The lowest BCUT2D eigenvalue weighted by Gasteiger charge is -2.28. The number of piperazine rings is 1. The molecule has 0 aliphatic carbocycles. The summed E-state index contributed by atoms with van der Waals surface area (Å²) in [7, 11) is 3.16. The summed E-state index contributed by atoms with van der Waals surface area (Å²) in [6, 6.07) is 3.58. The molecule has 1 N–H and O–H groups in total. The highest BCUT2D eigenvalue weighted by Crippen LogP contribution is 2.31. The molecule has 20 heavy (non-hydrogen) atoms. The van der Waals surface area contributed by atoms with Crippen LogP contribution >= 0.6 is 35.0 Å². The van der Waals surface area contributed by atoms with Crippen molar-refractivity contribution in [1.82, 2.24) is 10.2 Å². The molecule has 1 aliphatic heterocycles. The standard InChI is InChI=1S/C13H17IN2O3.ClH/c1-18-11-7-9(10(14)8-12(11)19-2)13(17)16-5-3-15-4-6-16;/h7-8,15H,3-6H2,1-2H3;1H. The van der Waals surface area contributed by atoms with Crippen LogP contribution in [0.15, 0.2) is 12.1 Å². The molecule has 1 saturated heterocycles. The number of benzene rings is 1. The number of ether oxygens (including phenoxy) is 2. The van der Waals surface area contributed by atoms with Gasteiger partial charge < -0.3 is 19.7 Å². The van der Waals surface area contributed by atoms with Gasteiger partial charge in [-0.2, -0.15) is 0 Å². The molecule has 0 radical (unpaired) electrons. The number of carbonyl (C=O) groups is 1. The van der Waals surface area contributed by atoms with Crippen molar-refractivity contribution in [2.24, 2.45) is 0 Å². The lowest BCUT2D eigenvalue weighted by molar-refractivity contribution is 0.0734. The summed E-state index contributed by atoms with van der Waals surface area (Å²) >= 11 is 2.15. The molecular weight excluding hydrogens is 395 g/mol. The molecule has 0 spiro atoms. The molecule has 5 nitrogen and oxygen atoms in total. The van der Waals surface area contributed by atoms with Crippen LogP contribution in [-0.2, 0) is 0 Å². The largest absolute Gasteiger partial charge is 0.493 e. The van der Waals surface area contributed by atoms with E-state index in [0.29, 0.717) is 17.1 Å². The molecule has 112 valence electrons. The molecule has 0 atom stereocenters. The van der Waals surface area contributed by atoms with Crippen LogP contribution in [0.3, 0.4) is 0 Å². The molecule has 1 heterocycles. The van der Waals surface area contributed by atoms with Gasteiger partial charge in [-0.3, -0.25) is 4.79 Å². The lowest BCUT2D eigenvalue weighted by Crippen LogP contribution is -2.46. The van der Waals surface area contributed by atoms with E-state index >= 15 is 0 Å². The minimum Gasteiger partial charge on any atom is -0.493 e. The second-order valence-electron chi connectivity index (χ2n) is 4.23. The van der Waals surface area contributed by atoms with Crippen LogP contribution in [0, 0.1) is 3.57 Å². The Bertz CT molecular complexity index is 479. The highest BCUT2D eigenvalue weighted by atomic mass is 127. The first-order valence-electron chi connectivity index (χ1n) is 6.09. The van der Waals surface area contributed by atoms with Crippen molar-refractivity contribution in [3.8, 4) is 11.5 Å². The summed E-state index contributed by atoms with van der Waals surface area (Å²) in [5, 5.41) is 3.24. The van der Waals surface area contributed by atoms with E-state index in [2.05, 4.69) is 27.9 Å². The van der Waals surface area contributed by atoms with Gasteiger partial charge in [0.1, 0.15) is 0 Å². The second kappa shape index (κ2) is 7.90. The number of nitrogens with one attached hydrogen (secondary N) is 1. The quantitative estimate of drug-likeness (QED) is 0.769. The Balaban J connectivity index is 0.00000200. The van der Waals surface area contributed by atoms with E-state index in [9.17, 15) is 4.79 Å². The van der Waals surface area contributed by atoms with Crippen molar-refractivity contribution < 1.29 is 14.3 Å². The lowest BCUT2D eigenvalue weighted by atomic mass is 10.1. The summed E-state index contributed by atoms with van der Waals surface area (Å²) in [5.41, 5.74) is 0.667. The highest BCUT2D eigenvalue weighted by Gasteiger charge is 2.22. The summed E-state index contributed by atoms with van der Waals surface area (Å²) in [5.74, 6) is 1.28. The Kier molecular flexibility index (Phi) is 6.84. The normalized spacial score (nSPS) is 14.4. The molecule has 1 aromatic rings. The number of nitrogens with zero attached hydrogens (tertiary/aromatic N) is 1. The Labute approximate surface area is 138 Å². The summed E-state index contributed by atoms with van der Waals surface area (Å²) in [6.07, 6.45) is 0. The number of hydrogen-bond donors (Lipinski definition) is 1. The third kappa shape index (κ3) is 3.67. The SMILES string of the molecule is COc1cc(I)c(C(=O)N2CCNCC2)cc1OC.Cl. The highest BCUT2D eigenvalue weighted by molar-refractivity contribution is 14.1. The fourth-order valence-corrected chi connectivity index (χ4v) is 2.73. The summed E-state index contributed by atoms with van der Waals surface area (Å²) in [4.78, 5) is 14.3. The fraction of sp³-hybridized carbons (Fsp3) is 0.462. The van der Waals surface area contributed by atoms with Crippen LogP contribution < -0.4 is 14.8 Å². The molecule has 7 heteroatoms. The van der Waals surface area contributed by atoms with Crippen molar-refractivity contribution in [2.45, 2.75) is 0 Å². The number of carbonyl (C=O) groups excluding carboxylic acids is 1. The van der Waals surface area contributed by atoms with Crippen molar-refractivity contribution in [2.75, 3.05) is 40.4 Å². The monoisotopic (exact) mass is 412 g/mol. The Morgan fingerprint density at radius 3 is 2.30 bits per heavy atom. The van der Waals surface area contributed by atoms with Crippen LogP contribution in [0.5, 0.6) is 11.5 Å². The first-order valence-corrected chi connectivity index (χ1v) is 7.16. The second-order valence-corrected chi connectivity index (χ2v) is 5.39. The summed E-state index contributed by atoms with van der Waals surface area (Å²) in [6.45, 7) is 3.16. The number of hydrogen-bond acceptors (Lipinski definition) is 4. The maximum atomic E-state index is 12.5. The Morgan fingerprint density at radius 2 is 1.75 bits per heavy atom. The van der Waals surface area contributed by atoms with Gasteiger partial charge in [-0.25, -0.2) is 0 Å².